The van der Waals surface area contributed by atoms with Crippen molar-refractivity contribution < 1.29 is 9.53 Å². The van der Waals surface area contributed by atoms with Crippen LogP contribution in [0.2, 0.25) is 0 Å². The minimum absolute atomic E-state index is 0.0236. The lowest BCUT2D eigenvalue weighted by Gasteiger charge is -2.17. The van der Waals surface area contributed by atoms with Gasteiger partial charge in [-0.3, -0.25) is 4.79 Å². The van der Waals surface area contributed by atoms with Crippen LogP contribution in [-0.2, 0) is 4.79 Å². The monoisotopic (exact) mass is 264 g/mol. The largest absolute Gasteiger partial charge is 0.496 e. The molecule has 0 unspecified atom stereocenters. The topological polar surface area (TPSA) is 50.4 Å². The molecule has 0 aliphatic rings. The Kier molecular flexibility index (Phi) is 6.36. The average molecular weight is 264 g/mol. The highest BCUT2D eigenvalue weighted by atomic mass is 16.5. The van der Waals surface area contributed by atoms with Gasteiger partial charge in [0.05, 0.1) is 13.7 Å². The third-order valence-electron chi connectivity index (χ3n) is 2.88. The Balaban J connectivity index is 2.46. The van der Waals surface area contributed by atoms with Crippen LogP contribution in [0, 0.1) is 5.92 Å². The Morgan fingerprint density at radius 2 is 1.95 bits per heavy atom. The normalized spacial score (nSPS) is 12.3. The predicted octanol–water partition coefficient (Wildman–Crippen LogP) is 2.12. The molecule has 1 amide bonds. The number of benzene rings is 1. The summed E-state index contributed by atoms with van der Waals surface area (Å²) in [6, 6.07) is 7.90. The van der Waals surface area contributed by atoms with Crippen LogP contribution in [0.3, 0.4) is 0 Å². The minimum atomic E-state index is 0.0236. The zero-order valence-corrected chi connectivity index (χ0v) is 12.2. The summed E-state index contributed by atoms with van der Waals surface area (Å²) in [6.45, 7) is 7.19. The van der Waals surface area contributed by atoms with Gasteiger partial charge in [-0.15, -0.1) is 0 Å². The summed E-state index contributed by atoms with van der Waals surface area (Å²) < 4.78 is 5.31. The molecule has 0 saturated heterocycles. The molecule has 0 radical (unpaired) electrons. The van der Waals surface area contributed by atoms with Crippen LogP contribution in [0.5, 0.6) is 5.75 Å². The van der Waals surface area contributed by atoms with Crippen molar-refractivity contribution in [2.75, 3.05) is 20.2 Å². The Hall–Kier alpha value is -1.55. The van der Waals surface area contributed by atoms with Gasteiger partial charge in [-0.2, -0.15) is 0 Å². The number of carbonyl (C=O) groups is 1. The van der Waals surface area contributed by atoms with Gasteiger partial charge in [-0.25, -0.2) is 0 Å². The maximum absolute atomic E-state index is 11.6. The quantitative estimate of drug-likeness (QED) is 0.793. The lowest BCUT2D eigenvalue weighted by atomic mass is 10.1. The molecule has 4 nitrogen and oxygen atoms in total. The lowest BCUT2D eigenvalue weighted by molar-refractivity contribution is -0.120. The summed E-state index contributed by atoms with van der Waals surface area (Å²) in [6.07, 6.45) is 0. The molecule has 0 aromatic heterocycles. The third-order valence-corrected chi connectivity index (χ3v) is 2.88. The highest BCUT2D eigenvalue weighted by molar-refractivity contribution is 5.78. The van der Waals surface area contributed by atoms with Crippen molar-refractivity contribution in [1.82, 2.24) is 10.6 Å². The molecular formula is C15H24N2O2. The predicted molar refractivity (Wildman–Crippen MR) is 77.3 cm³/mol. The van der Waals surface area contributed by atoms with E-state index in [0.717, 1.165) is 11.3 Å². The van der Waals surface area contributed by atoms with Gasteiger partial charge in [-0.1, -0.05) is 32.0 Å². The van der Waals surface area contributed by atoms with Crippen molar-refractivity contribution >= 4 is 5.91 Å². The first-order valence-corrected chi connectivity index (χ1v) is 6.67. The molecular weight excluding hydrogens is 240 g/mol. The molecule has 1 atom stereocenters. The fourth-order valence-electron chi connectivity index (χ4n) is 1.76. The van der Waals surface area contributed by atoms with Crippen LogP contribution < -0.4 is 15.4 Å². The molecule has 0 spiro atoms. The zero-order valence-electron chi connectivity index (χ0n) is 12.2. The van der Waals surface area contributed by atoms with Gasteiger partial charge >= 0.3 is 0 Å². The van der Waals surface area contributed by atoms with Crippen molar-refractivity contribution in [1.29, 1.82) is 0 Å². The first kappa shape index (κ1) is 15.5. The molecule has 0 heterocycles. The Bertz CT molecular complexity index is 405. The number of rotatable bonds is 7. The number of methoxy groups -OCH3 is 1. The molecule has 1 rings (SSSR count). The molecule has 0 aliphatic carbocycles. The SMILES string of the molecule is COc1ccccc1[C@H](C)NCC(=O)NCC(C)C. The van der Waals surface area contributed by atoms with Crippen LogP contribution in [-0.4, -0.2) is 26.1 Å². The molecule has 2 N–H and O–H groups in total. The second-order valence-electron chi connectivity index (χ2n) is 5.04. The molecule has 4 heteroatoms. The minimum Gasteiger partial charge on any atom is -0.496 e. The van der Waals surface area contributed by atoms with E-state index < -0.39 is 0 Å². The number of carbonyl (C=O) groups excluding carboxylic acids is 1. The van der Waals surface area contributed by atoms with Crippen molar-refractivity contribution in [2.45, 2.75) is 26.8 Å². The summed E-state index contributed by atoms with van der Waals surface area (Å²) in [7, 11) is 1.65. The Morgan fingerprint density at radius 3 is 2.58 bits per heavy atom. The van der Waals surface area contributed by atoms with Gasteiger partial charge < -0.3 is 15.4 Å². The average Bonchev–Trinajstić information content (AvgIpc) is 2.42. The maximum Gasteiger partial charge on any atom is 0.233 e. The van der Waals surface area contributed by atoms with Crippen LogP contribution in [0.1, 0.15) is 32.4 Å². The number of nitrogens with one attached hydrogen (secondary N) is 2. The summed E-state index contributed by atoms with van der Waals surface area (Å²) in [5.41, 5.74) is 1.06. The van der Waals surface area contributed by atoms with Crippen LogP contribution >= 0.6 is 0 Å². The molecule has 1 aromatic rings. The van der Waals surface area contributed by atoms with Gasteiger partial charge in [0.25, 0.3) is 0 Å². The van der Waals surface area contributed by atoms with Crippen molar-refractivity contribution in [2.24, 2.45) is 5.92 Å². The summed E-state index contributed by atoms with van der Waals surface area (Å²) in [5.74, 6) is 1.33. The molecule has 0 aliphatic heterocycles. The molecule has 0 fully saturated rings. The van der Waals surface area contributed by atoms with E-state index in [1.807, 2.05) is 31.2 Å². The summed E-state index contributed by atoms with van der Waals surface area (Å²) in [4.78, 5) is 11.6. The maximum atomic E-state index is 11.6. The fraction of sp³-hybridized carbons (Fsp3) is 0.533. The van der Waals surface area contributed by atoms with Crippen molar-refractivity contribution in [3.63, 3.8) is 0 Å². The van der Waals surface area contributed by atoms with Crippen LogP contribution in [0.15, 0.2) is 24.3 Å². The van der Waals surface area contributed by atoms with E-state index in [4.69, 9.17) is 4.74 Å². The molecule has 19 heavy (non-hydrogen) atoms. The zero-order chi connectivity index (χ0) is 14.3. The van der Waals surface area contributed by atoms with Crippen LogP contribution in [0.4, 0.5) is 0 Å². The Labute approximate surface area is 115 Å². The Morgan fingerprint density at radius 1 is 1.26 bits per heavy atom. The van der Waals surface area contributed by atoms with E-state index in [1.54, 1.807) is 7.11 Å². The van der Waals surface area contributed by atoms with Gasteiger partial charge in [0, 0.05) is 18.2 Å². The number of para-hydroxylation sites is 1. The molecule has 1 aromatic carbocycles. The van der Waals surface area contributed by atoms with Gasteiger partial charge in [-0.05, 0) is 18.9 Å². The standard InChI is InChI=1S/C15H24N2O2/c1-11(2)9-17-15(18)10-16-12(3)13-7-5-6-8-14(13)19-4/h5-8,11-12,16H,9-10H2,1-4H3,(H,17,18)/t12-/m0/s1. The fourth-order valence-corrected chi connectivity index (χ4v) is 1.76. The highest BCUT2D eigenvalue weighted by Gasteiger charge is 2.11. The van der Waals surface area contributed by atoms with E-state index in [2.05, 4.69) is 24.5 Å². The lowest BCUT2D eigenvalue weighted by Crippen LogP contribution is -2.36. The van der Waals surface area contributed by atoms with Crippen LogP contribution in [0.25, 0.3) is 0 Å². The van der Waals surface area contributed by atoms with Gasteiger partial charge in [0.1, 0.15) is 5.75 Å². The van der Waals surface area contributed by atoms with E-state index in [0.29, 0.717) is 19.0 Å². The second kappa shape index (κ2) is 7.79. The third kappa shape index (κ3) is 5.30. The molecule has 106 valence electrons. The highest BCUT2D eigenvalue weighted by Crippen LogP contribution is 2.23. The molecule has 0 saturated carbocycles. The van der Waals surface area contributed by atoms with E-state index in [9.17, 15) is 4.79 Å². The van der Waals surface area contributed by atoms with Gasteiger partial charge in [0.15, 0.2) is 0 Å². The summed E-state index contributed by atoms with van der Waals surface area (Å²) in [5, 5.41) is 6.09. The number of amides is 1. The summed E-state index contributed by atoms with van der Waals surface area (Å²) >= 11 is 0. The van der Waals surface area contributed by atoms with Gasteiger partial charge in [0.2, 0.25) is 5.91 Å². The molecule has 0 bridgehead atoms. The van der Waals surface area contributed by atoms with Crippen molar-refractivity contribution in [3.8, 4) is 5.75 Å². The number of hydrogen-bond acceptors (Lipinski definition) is 3. The number of hydrogen-bond donors (Lipinski definition) is 2. The van der Waals surface area contributed by atoms with E-state index in [-0.39, 0.29) is 11.9 Å². The smallest absolute Gasteiger partial charge is 0.233 e. The second-order valence-corrected chi connectivity index (χ2v) is 5.04. The first-order valence-electron chi connectivity index (χ1n) is 6.67. The van der Waals surface area contributed by atoms with E-state index >= 15 is 0 Å². The number of ether oxygens (including phenoxy) is 1. The van der Waals surface area contributed by atoms with Crippen molar-refractivity contribution in [3.05, 3.63) is 29.8 Å². The van der Waals surface area contributed by atoms with E-state index in [1.165, 1.54) is 0 Å². The first-order chi connectivity index (χ1) is 9.04.